The largest absolute Gasteiger partial charge is 0.489 e. The van der Waals surface area contributed by atoms with Crippen molar-refractivity contribution in [1.29, 1.82) is 0 Å². The van der Waals surface area contributed by atoms with Crippen molar-refractivity contribution in [3.63, 3.8) is 0 Å². The van der Waals surface area contributed by atoms with Gasteiger partial charge in [-0.25, -0.2) is 0 Å². The van der Waals surface area contributed by atoms with Crippen LogP contribution in [0.1, 0.15) is 83.3 Å². The van der Waals surface area contributed by atoms with Crippen LogP contribution in [-0.4, -0.2) is 53.9 Å². The number of ether oxygens (including phenoxy) is 5. The quantitative estimate of drug-likeness (QED) is 0.195. The van der Waals surface area contributed by atoms with Crippen molar-refractivity contribution in [3.05, 3.63) is 77.9 Å². The molecule has 6 rings (SSSR count). The number of carbonyl (C=O) groups excluding carboxylic acids is 2. The van der Waals surface area contributed by atoms with Crippen molar-refractivity contribution in [2.45, 2.75) is 115 Å². The van der Waals surface area contributed by atoms with E-state index in [9.17, 15) is 14.7 Å². The van der Waals surface area contributed by atoms with Gasteiger partial charge in [0.2, 0.25) is 0 Å². The van der Waals surface area contributed by atoms with Crippen LogP contribution >= 0.6 is 0 Å². The summed E-state index contributed by atoms with van der Waals surface area (Å²) >= 11 is 0. The molecule has 0 aliphatic carbocycles. The second kappa shape index (κ2) is 14.3. The molecule has 8 heteroatoms. The summed E-state index contributed by atoms with van der Waals surface area (Å²) in [5.74, 6) is -1.15. The molecule has 3 bridgehead atoms. The highest BCUT2D eigenvalue weighted by Crippen LogP contribution is 2.53. The van der Waals surface area contributed by atoms with Crippen LogP contribution < -0.4 is 4.74 Å². The van der Waals surface area contributed by atoms with Gasteiger partial charge in [0.1, 0.15) is 24.6 Å². The number of cyclic esters (lactones) is 1. The molecule has 8 nitrogen and oxygen atoms in total. The van der Waals surface area contributed by atoms with Gasteiger partial charge < -0.3 is 28.8 Å². The molecule has 0 radical (unpaired) electrons. The summed E-state index contributed by atoms with van der Waals surface area (Å²) in [6.07, 6.45) is 3.55. The molecule has 3 aliphatic rings. The third-order valence-electron chi connectivity index (χ3n) is 10.4. The van der Waals surface area contributed by atoms with Crippen molar-refractivity contribution in [2.75, 3.05) is 6.61 Å². The maximum atomic E-state index is 13.0. The zero-order valence-corrected chi connectivity index (χ0v) is 27.8. The Kier molecular flexibility index (Phi) is 10.2. The van der Waals surface area contributed by atoms with E-state index in [1.165, 1.54) is 10.9 Å². The number of aryl methyl sites for hydroxylation is 1. The van der Waals surface area contributed by atoms with Crippen molar-refractivity contribution < 1.29 is 38.4 Å². The smallest absolute Gasteiger partial charge is 0.309 e. The number of benzene rings is 3. The average Bonchev–Trinajstić information content (AvgIpc) is 3.05. The lowest BCUT2D eigenvalue weighted by Crippen LogP contribution is -2.63. The van der Waals surface area contributed by atoms with Crippen molar-refractivity contribution >= 4 is 22.7 Å². The van der Waals surface area contributed by atoms with E-state index in [0.717, 1.165) is 48.8 Å². The minimum Gasteiger partial charge on any atom is -0.489 e. The highest BCUT2D eigenvalue weighted by atomic mass is 16.7. The molecule has 3 heterocycles. The highest BCUT2D eigenvalue weighted by molar-refractivity contribution is 5.87. The van der Waals surface area contributed by atoms with Gasteiger partial charge in [0.25, 0.3) is 0 Å². The van der Waals surface area contributed by atoms with Crippen molar-refractivity contribution in [2.24, 2.45) is 11.3 Å². The Morgan fingerprint density at radius 1 is 0.915 bits per heavy atom. The van der Waals surface area contributed by atoms with Crippen molar-refractivity contribution in [3.8, 4) is 5.75 Å². The summed E-state index contributed by atoms with van der Waals surface area (Å²) in [5.41, 5.74) is 2.10. The molecule has 0 aromatic heterocycles. The molecule has 1 N–H and O–H groups in total. The molecule has 3 saturated heterocycles. The SMILES string of the molecule is C[C@H]1[C@@H]2C[C@@]3(O[C@H](CCC3(C)C)CC(=O)O[C@@H](CO)CC(=O)O2)O[C@@H]1CCCCc1cccc2cc(OCc3ccccc3)ccc12. The average molecular weight is 645 g/mol. The first-order chi connectivity index (χ1) is 22.6. The van der Waals surface area contributed by atoms with E-state index in [0.29, 0.717) is 19.4 Å². The number of aliphatic hydroxyl groups excluding tert-OH is 1. The minimum atomic E-state index is -0.982. The first-order valence-corrected chi connectivity index (χ1v) is 17.2. The lowest BCUT2D eigenvalue weighted by molar-refractivity contribution is -0.381. The predicted octanol–water partition coefficient (Wildman–Crippen LogP) is 7.07. The summed E-state index contributed by atoms with van der Waals surface area (Å²) < 4.78 is 31.1. The number of rotatable bonds is 9. The zero-order chi connectivity index (χ0) is 33.0. The summed E-state index contributed by atoms with van der Waals surface area (Å²) in [4.78, 5) is 25.7. The Morgan fingerprint density at radius 2 is 1.72 bits per heavy atom. The maximum Gasteiger partial charge on any atom is 0.309 e. The van der Waals surface area contributed by atoms with Gasteiger partial charge in [-0.1, -0.05) is 81.8 Å². The fourth-order valence-corrected chi connectivity index (χ4v) is 7.42. The molecular weight excluding hydrogens is 596 g/mol. The van der Waals surface area contributed by atoms with Gasteiger partial charge in [0, 0.05) is 17.8 Å². The Hall–Kier alpha value is -3.46. The third-order valence-corrected chi connectivity index (χ3v) is 10.4. The van der Waals surface area contributed by atoms with Crippen LogP contribution in [0.25, 0.3) is 10.8 Å². The van der Waals surface area contributed by atoms with E-state index >= 15 is 0 Å². The van der Waals surface area contributed by atoms with Gasteiger partial charge in [-0.15, -0.1) is 0 Å². The maximum absolute atomic E-state index is 13.0. The molecule has 3 fully saturated rings. The van der Waals surface area contributed by atoms with E-state index in [4.69, 9.17) is 23.7 Å². The van der Waals surface area contributed by atoms with Gasteiger partial charge in [0.15, 0.2) is 5.79 Å². The van der Waals surface area contributed by atoms with E-state index in [-0.39, 0.29) is 36.4 Å². The highest BCUT2D eigenvalue weighted by Gasteiger charge is 2.58. The predicted molar refractivity (Wildman–Crippen MR) is 178 cm³/mol. The Balaban J connectivity index is 1.13. The van der Waals surface area contributed by atoms with Crippen LogP contribution in [-0.2, 0) is 41.6 Å². The molecule has 0 saturated carbocycles. The molecule has 3 aromatic rings. The molecule has 252 valence electrons. The summed E-state index contributed by atoms with van der Waals surface area (Å²) in [6, 6.07) is 22.9. The number of carbonyl (C=O) groups is 2. The first-order valence-electron chi connectivity index (χ1n) is 17.2. The van der Waals surface area contributed by atoms with Crippen LogP contribution in [0.2, 0.25) is 0 Å². The van der Waals surface area contributed by atoms with Gasteiger partial charge in [-0.05, 0) is 66.1 Å². The lowest BCUT2D eigenvalue weighted by atomic mass is 9.70. The molecule has 1 spiro atoms. The summed E-state index contributed by atoms with van der Waals surface area (Å²) in [6.45, 7) is 6.46. The third kappa shape index (κ3) is 7.66. The Bertz CT molecular complexity index is 1540. The number of hydrogen-bond acceptors (Lipinski definition) is 8. The monoisotopic (exact) mass is 644 g/mol. The fourth-order valence-electron chi connectivity index (χ4n) is 7.42. The van der Waals surface area contributed by atoms with E-state index in [2.05, 4.69) is 63.2 Å². The summed E-state index contributed by atoms with van der Waals surface area (Å²) in [5, 5.41) is 12.1. The van der Waals surface area contributed by atoms with Crippen LogP contribution in [0.15, 0.2) is 66.7 Å². The Morgan fingerprint density at radius 3 is 2.53 bits per heavy atom. The van der Waals surface area contributed by atoms with Gasteiger partial charge in [0.05, 0.1) is 31.7 Å². The molecule has 6 atom stereocenters. The molecule has 3 aromatic carbocycles. The van der Waals surface area contributed by atoms with Crippen LogP contribution in [0.5, 0.6) is 5.75 Å². The molecular formula is C39H48O8. The standard InChI is InChI=1S/C39H48O8/c1-26-34(15-8-7-12-28-13-9-14-29-20-30(16-17-33(28)29)43-25-27-10-5-4-6-11-27)47-39-23-35(26)45-37(42)22-32(24-40)44-36(41)21-31(46-39)18-19-38(39,2)3/h4-6,9-11,13-14,16-17,20,26,31-32,34-35,40H,7-8,12,15,18-19,21-25H2,1-3H3/t26-,31-,32-,34-,35+,39-/m1/s1. The van der Waals surface area contributed by atoms with Crippen LogP contribution in [0, 0.1) is 11.3 Å². The number of esters is 2. The number of hydrogen-bond donors (Lipinski definition) is 1. The van der Waals surface area contributed by atoms with E-state index < -0.39 is 36.5 Å². The lowest BCUT2D eigenvalue weighted by Gasteiger charge is -2.57. The second-order valence-corrected chi connectivity index (χ2v) is 14.2. The van der Waals surface area contributed by atoms with Gasteiger partial charge >= 0.3 is 11.9 Å². The number of unbranched alkanes of at least 4 members (excludes halogenated alkanes) is 1. The second-order valence-electron chi connectivity index (χ2n) is 14.2. The fraction of sp³-hybridized carbons (Fsp3) is 0.538. The van der Waals surface area contributed by atoms with Crippen molar-refractivity contribution in [1.82, 2.24) is 0 Å². The Labute approximate surface area is 277 Å². The molecule has 3 aliphatic heterocycles. The minimum absolute atomic E-state index is 0.0470. The van der Waals surface area contributed by atoms with E-state index in [1.807, 2.05) is 24.3 Å². The zero-order valence-electron chi connectivity index (χ0n) is 27.8. The summed E-state index contributed by atoms with van der Waals surface area (Å²) in [7, 11) is 0. The van der Waals surface area contributed by atoms with Crippen LogP contribution in [0.4, 0.5) is 0 Å². The first kappa shape index (κ1) is 33.4. The topological polar surface area (TPSA) is 101 Å². The normalized spacial score (nSPS) is 29.2. The molecule has 0 amide bonds. The van der Waals surface area contributed by atoms with Crippen LogP contribution in [0.3, 0.4) is 0 Å². The number of aliphatic hydroxyl groups is 1. The van der Waals surface area contributed by atoms with Gasteiger partial charge in [-0.3, -0.25) is 9.59 Å². The van der Waals surface area contributed by atoms with Gasteiger partial charge in [-0.2, -0.15) is 0 Å². The number of fused-ring (bicyclic) bond motifs is 3. The molecule has 47 heavy (non-hydrogen) atoms. The molecule has 0 unspecified atom stereocenters. The van der Waals surface area contributed by atoms with E-state index in [1.54, 1.807) is 0 Å².